The van der Waals surface area contributed by atoms with E-state index in [0.29, 0.717) is 5.69 Å². The Kier molecular flexibility index (Phi) is 5.24. The van der Waals surface area contributed by atoms with Gasteiger partial charge in [0.05, 0.1) is 12.5 Å². The van der Waals surface area contributed by atoms with Crippen molar-refractivity contribution in [1.82, 2.24) is 14.9 Å². The van der Waals surface area contributed by atoms with Crippen molar-refractivity contribution in [1.29, 1.82) is 0 Å². The smallest absolute Gasteiger partial charge is 0.318 e. The van der Waals surface area contributed by atoms with Gasteiger partial charge in [-0.1, -0.05) is 12.1 Å². The topological polar surface area (TPSA) is 76.6 Å². The molecule has 0 saturated heterocycles. The van der Waals surface area contributed by atoms with Crippen molar-refractivity contribution in [2.75, 3.05) is 19.3 Å². The fourth-order valence-electron chi connectivity index (χ4n) is 1.57. The van der Waals surface area contributed by atoms with Crippen LogP contribution in [0.25, 0.3) is 0 Å². The monoisotopic (exact) mass is 303 g/mol. The largest absolute Gasteiger partial charge is 0.459 e. The number of anilines is 1. The van der Waals surface area contributed by atoms with Crippen LogP contribution >= 0.6 is 0 Å². The summed E-state index contributed by atoms with van der Waals surface area (Å²) in [5.74, 6) is -0.657. The average Bonchev–Trinajstić information content (AvgIpc) is 2.52. The van der Waals surface area contributed by atoms with Gasteiger partial charge in [-0.25, -0.2) is 14.4 Å². The lowest BCUT2D eigenvalue weighted by Gasteiger charge is -2.08. The predicted octanol–water partition coefficient (Wildman–Crippen LogP) is 2.39. The van der Waals surface area contributed by atoms with Gasteiger partial charge in [0.1, 0.15) is 6.61 Å². The number of hydrogen-bond donors (Lipinski definition) is 1. The van der Waals surface area contributed by atoms with Crippen LogP contribution in [0.4, 0.5) is 15.9 Å². The summed E-state index contributed by atoms with van der Waals surface area (Å²) in [5, 5.41) is 0. The van der Waals surface area contributed by atoms with E-state index in [1.807, 2.05) is 26.1 Å². The van der Waals surface area contributed by atoms with Crippen molar-refractivity contribution >= 4 is 17.8 Å². The molecule has 6 nitrogen and oxygen atoms in total. The van der Waals surface area contributed by atoms with E-state index in [2.05, 4.69) is 15.0 Å². The molecule has 2 N–H and O–H groups in total. The number of aromatic nitrogens is 2. The van der Waals surface area contributed by atoms with Crippen LogP contribution < -0.4 is 10.5 Å². The highest BCUT2D eigenvalue weighted by Gasteiger charge is 2.07. The summed E-state index contributed by atoms with van der Waals surface area (Å²) in [6, 6.07) is 7.34. The Morgan fingerprint density at radius 2 is 2.27 bits per heavy atom. The Balaban J connectivity index is 2.07. The fourth-order valence-corrected chi connectivity index (χ4v) is 1.57. The molecule has 0 spiro atoms. The van der Waals surface area contributed by atoms with E-state index in [1.54, 1.807) is 17.0 Å². The Morgan fingerprint density at radius 3 is 3.00 bits per heavy atom. The zero-order valence-electron chi connectivity index (χ0n) is 12.5. The highest BCUT2D eigenvalue weighted by molar-refractivity contribution is 5.59. The maximum atomic E-state index is 13.6. The number of aliphatic imine (C=N–C) groups is 1. The number of ether oxygens (including phenoxy) is 1. The minimum Gasteiger partial charge on any atom is -0.459 e. The van der Waals surface area contributed by atoms with E-state index < -0.39 is 5.82 Å². The van der Waals surface area contributed by atoms with Gasteiger partial charge in [0.15, 0.2) is 11.6 Å². The van der Waals surface area contributed by atoms with Crippen LogP contribution in [0.1, 0.15) is 12.5 Å². The summed E-state index contributed by atoms with van der Waals surface area (Å²) >= 11 is 0. The van der Waals surface area contributed by atoms with Gasteiger partial charge in [-0.05, 0) is 24.6 Å². The molecule has 0 saturated carbocycles. The molecule has 1 aromatic heterocycles. The molecular formula is C15H18FN5O. The Hall–Kier alpha value is -2.70. The quantitative estimate of drug-likeness (QED) is 0.504. The normalized spacial score (nSPS) is 10.9. The second-order valence-electron chi connectivity index (χ2n) is 4.68. The minimum atomic E-state index is -0.600. The van der Waals surface area contributed by atoms with Crippen molar-refractivity contribution in [3.05, 3.63) is 41.8 Å². The molecule has 1 aromatic carbocycles. The zero-order chi connectivity index (χ0) is 15.9. The third-order valence-electron chi connectivity index (χ3n) is 2.90. The first kappa shape index (κ1) is 15.7. The van der Waals surface area contributed by atoms with Crippen LogP contribution in [0.3, 0.4) is 0 Å². The fraction of sp³-hybridized carbons (Fsp3) is 0.267. The second-order valence-corrected chi connectivity index (χ2v) is 4.68. The van der Waals surface area contributed by atoms with Gasteiger partial charge in [-0.2, -0.15) is 4.98 Å². The third-order valence-corrected chi connectivity index (χ3v) is 2.90. The van der Waals surface area contributed by atoms with E-state index in [1.165, 1.54) is 6.34 Å². The maximum Gasteiger partial charge on any atom is 0.318 e. The Morgan fingerprint density at radius 1 is 1.45 bits per heavy atom. The van der Waals surface area contributed by atoms with Crippen molar-refractivity contribution in [2.45, 2.75) is 13.5 Å². The summed E-state index contributed by atoms with van der Waals surface area (Å²) in [6.07, 6.45) is 2.55. The first-order chi connectivity index (χ1) is 10.6. The third kappa shape index (κ3) is 4.41. The summed E-state index contributed by atoms with van der Waals surface area (Å²) in [7, 11) is 1.83. The lowest BCUT2D eigenvalue weighted by molar-refractivity contribution is 0.280. The molecule has 2 rings (SSSR count). The molecule has 0 bridgehead atoms. The molecule has 0 aliphatic carbocycles. The molecule has 0 unspecified atom stereocenters. The second kappa shape index (κ2) is 7.35. The van der Waals surface area contributed by atoms with Crippen LogP contribution in [0.5, 0.6) is 6.01 Å². The highest BCUT2D eigenvalue weighted by Crippen LogP contribution is 2.17. The molecule has 22 heavy (non-hydrogen) atoms. The summed E-state index contributed by atoms with van der Waals surface area (Å²) in [4.78, 5) is 13.5. The van der Waals surface area contributed by atoms with Crippen LogP contribution in [0.2, 0.25) is 0 Å². The van der Waals surface area contributed by atoms with Gasteiger partial charge < -0.3 is 15.4 Å². The van der Waals surface area contributed by atoms with E-state index >= 15 is 0 Å². The van der Waals surface area contributed by atoms with Gasteiger partial charge in [-0.3, -0.25) is 0 Å². The summed E-state index contributed by atoms with van der Waals surface area (Å²) < 4.78 is 19.1. The molecule has 0 atom stereocenters. The van der Waals surface area contributed by atoms with Gasteiger partial charge >= 0.3 is 6.01 Å². The molecule has 0 amide bonds. The number of rotatable bonds is 6. The van der Waals surface area contributed by atoms with Gasteiger partial charge in [0.25, 0.3) is 0 Å². The van der Waals surface area contributed by atoms with Gasteiger partial charge in [-0.15, -0.1) is 0 Å². The number of halogens is 1. The highest BCUT2D eigenvalue weighted by atomic mass is 19.1. The zero-order valence-corrected chi connectivity index (χ0v) is 12.5. The molecule has 2 aromatic rings. The summed E-state index contributed by atoms with van der Waals surface area (Å²) in [6.45, 7) is 2.96. The van der Waals surface area contributed by atoms with Crippen LogP contribution in [-0.4, -0.2) is 34.8 Å². The van der Waals surface area contributed by atoms with Crippen molar-refractivity contribution in [3.63, 3.8) is 0 Å². The van der Waals surface area contributed by atoms with Crippen molar-refractivity contribution in [3.8, 4) is 6.01 Å². The van der Waals surface area contributed by atoms with Crippen LogP contribution in [0, 0.1) is 5.82 Å². The molecular weight excluding hydrogens is 285 g/mol. The molecule has 1 heterocycles. The maximum absolute atomic E-state index is 13.6. The minimum absolute atomic E-state index is 0.0575. The Bertz CT molecular complexity index is 662. The number of nitrogen functional groups attached to an aromatic ring is 1. The number of nitrogens with zero attached hydrogens (tertiary/aromatic N) is 4. The molecule has 7 heteroatoms. The first-order valence-electron chi connectivity index (χ1n) is 6.82. The van der Waals surface area contributed by atoms with E-state index in [4.69, 9.17) is 10.5 Å². The number of nitrogens with two attached hydrogens (primary N) is 1. The van der Waals surface area contributed by atoms with E-state index in [0.717, 1.165) is 18.3 Å². The van der Waals surface area contributed by atoms with Gasteiger partial charge in [0.2, 0.25) is 0 Å². The van der Waals surface area contributed by atoms with Crippen molar-refractivity contribution < 1.29 is 9.13 Å². The lowest BCUT2D eigenvalue weighted by atomic mass is 10.2. The molecule has 0 radical (unpaired) electrons. The number of benzene rings is 1. The Labute approximate surface area is 128 Å². The molecule has 116 valence electrons. The van der Waals surface area contributed by atoms with Crippen molar-refractivity contribution in [2.24, 2.45) is 4.99 Å². The average molecular weight is 303 g/mol. The molecule has 0 aliphatic rings. The SMILES string of the molecule is CCN(C)C=Nc1nc(OCc2cccc(N)c2)ncc1F. The van der Waals surface area contributed by atoms with Gasteiger partial charge in [0, 0.05) is 19.3 Å². The number of hydrogen-bond acceptors (Lipinski definition) is 5. The van der Waals surface area contributed by atoms with Crippen LogP contribution in [0.15, 0.2) is 35.5 Å². The van der Waals surface area contributed by atoms with Crippen LogP contribution in [-0.2, 0) is 6.61 Å². The summed E-state index contributed by atoms with van der Waals surface area (Å²) in [5.41, 5.74) is 7.22. The molecule has 0 aliphatic heterocycles. The lowest BCUT2D eigenvalue weighted by Crippen LogP contribution is -2.14. The standard InChI is InChI=1S/C15H18FN5O/c1-3-21(2)10-19-14-13(16)8-18-15(20-14)22-9-11-5-4-6-12(17)7-11/h4-8,10H,3,9,17H2,1-2H3. The first-order valence-corrected chi connectivity index (χ1v) is 6.82. The van der Waals surface area contributed by atoms with E-state index in [9.17, 15) is 4.39 Å². The molecule has 0 fully saturated rings. The predicted molar refractivity (Wildman–Crippen MR) is 83.6 cm³/mol. The van der Waals surface area contributed by atoms with E-state index in [-0.39, 0.29) is 18.4 Å².